The number of hydrogen-bond acceptors (Lipinski definition) is 4. The van der Waals surface area contributed by atoms with Crippen LogP contribution in [-0.2, 0) is 16.8 Å². The summed E-state index contributed by atoms with van der Waals surface area (Å²) < 4.78 is 0. The van der Waals surface area contributed by atoms with E-state index in [0.717, 1.165) is 22.0 Å². The Labute approximate surface area is 160 Å². The highest BCUT2D eigenvalue weighted by molar-refractivity contribution is 7.11. The standard InChI is InChI=1S/C17H23N3OS.2ClH/c1-11-12(2)22-16(19-11)17(3,4)20-15(21)10-9-13-7-5-6-8-14(13)18;;/h5-8H,9-10,18H2,1-4H3,(H,20,21);2*1H. The summed E-state index contributed by atoms with van der Waals surface area (Å²) in [4.78, 5) is 18.0. The lowest BCUT2D eigenvalue weighted by Gasteiger charge is -2.24. The fourth-order valence-electron chi connectivity index (χ4n) is 2.21. The number of rotatable bonds is 5. The number of nitrogen functional groups attached to an aromatic ring is 1. The van der Waals surface area contributed by atoms with E-state index in [4.69, 9.17) is 5.73 Å². The third-order valence-corrected chi connectivity index (χ3v) is 5.09. The van der Waals surface area contributed by atoms with Gasteiger partial charge in [-0.05, 0) is 45.7 Å². The summed E-state index contributed by atoms with van der Waals surface area (Å²) in [5.41, 5.74) is 8.22. The predicted octanol–water partition coefficient (Wildman–Crippen LogP) is 4.17. The van der Waals surface area contributed by atoms with Crippen molar-refractivity contribution >= 4 is 47.7 Å². The zero-order valence-corrected chi connectivity index (χ0v) is 16.8. The van der Waals surface area contributed by atoms with Crippen LogP contribution in [0, 0.1) is 13.8 Å². The van der Waals surface area contributed by atoms with Crippen molar-refractivity contribution in [1.82, 2.24) is 10.3 Å². The van der Waals surface area contributed by atoms with Gasteiger partial charge in [0.15, 0.2) is 0 Å². The number of thiazole rings is 1. The Hall–Kier alpha value is -1.30. The summed E-state index contributed by atoms with van der Waals surface area (Å²) in [5, 5.41) is 4.01. The average Bonchev–Trinajstić information content (AvgIpc) is 2.78. The molecule has 4 nitrogen and oxygen atoms in total. The normalized spacial score (nSPS) is 10.5. The van der Waals surface area contributed by atoms with E-state index in [2.05, 4.69) is 10.3 Å². The Morgan fingerprint density at radius 1 is 1.25 bits per heavy atom. The molecule has 1 heterocycles. The van der Waals surface area contributed by atoms with Crippen molar-refractivity contribution in [3.63, 3.8) is 0 Å². The number of nitrogens with one attached hydrogen (secondary N) is 1. The molecule has 24 heavy (non-hydrogen) atoms. The van der Waals surface area contributed by atoms with Crippen molar-refractivity contribution < 1.29 is 4.79 Å². The summed E-state index contributed by atoms with van der Waals surface area (Å²) in [5.74, 6) is 0.0127. The summed E-state index contributed by atoms with van der Waals surface area (Å²) in [6.07, 6.45) is 1.06. The second-order valence-electron chi connectivity index (χ2n) is 6.03. The number of aryl methyl sites for hydroxylation is 3. The number of hydrogen-bond donors (Lipinski definition) is 2. The lowest BCUT2D eigenvalue weighted by atomic mass is 10.0. The van der Waals surface area contributed by atoms with E-state index in [9.17, 15) is 4.79 Å². The fourth-order valence-corrected chi connectivity index (χ4v) is 3.19. The van der Waals surface area contributed by atoms with Crippen LogP contribution in [0.15, 0.2) is 24.3 Å². The maximum atomic E-state index is 12.2. The Bertz CT molecular complexity index is 667. The average molecular weight is 390 g/mol. The first-order valence-electron chi connectivity index (χ1n) is 7.38. The highest BCUT2D eigenvalue weighted by Gasteiger charge is 2.26. The molecule has 7 heteroatoms. The van der Waals surface area contributed by atoms with Crippen molar-refractivity contribution in [3.8, 4) is 0 Å². The zero-order chi connectivity index (χ0) is 16.3. The number of para-hydroxylation sites is 1. The second-order valence-corrected chi connectivity index (χ2v) is 7.24. The molecule has 0 unspecified atom stereocenters. The molecule has 0 atom stereocenters. The minimum atomic E-state index is -0.455. The van der Waals surface area contributed by atoms with Crippen molar-refractivity contribution in [2.24, 2.45) is 0 Å². The van der Waals surface area contributed by atoms with Gasteiger partial charge in [0.2, 0.25) is 5.91 Å². The van der Waals surface area contributed by atoms with Gasteiger partial charge in [-0.1, -0.05) is 18.2 Å². The molecule has 134 valence electrons. The first-order valence-corrected chi connectivity index (χ1v) is 8.20. The first kappa shape index (κ1) is 22.7. The van der Waals surface area contributed by atoms with Gasteiger partial charge in [0.25, 0.3) is 0 Å². The minimum absolute atomic E-state index is 0. The summed E-state index contributed by atoms with van der Waals surface area (Å²) >= 11 is 1.63. The Kier molecular flexibility index (Phi) is 8.75. The van der Waals surface area contributed by atoms with Gasteiger partial charge in [0, 0.05) is 17.0 Å². The molecule has 2 rings (SSSR count). The van der Waals surface area contributed by atoms with Gasteiger partial charge in [-0.3, -0.25) is 4.79 Å². The first-order chi connectivity index (χ1) is 10.3. The monoisotopic (exact) mass is 389 g/mol. The van der Waals surface area contributed by atoms with Gasteiger partial charge in [-0.25, -0.2) is 4.98 Å². The predicted molar refractivity (Wildman–Crippen MR) is 106 cm³/mol. The smallest absolute Gasteiger partial charge is 0.221 e. The molecule has 0 aliphatic rings. The lowest BCUT2D eigenvalue weighted by Crippen LogP contribution is -2.41. The van der Waals surface area contributed by atoms with Crippen molar-refractivity contribution in [2.45, 2.75) is 46.1 Å². The number of aromatic nitrogens is 1. The number of nitrogens with two attached hydrogens (primary N) is 1. The fraction of sp³-hybridized carbons (Fsp3) is 0.412. The molecule has 1 aromatic carbocycles. The van der Waals surface area contributed by atoms with E-state index in [1.54, 1.807) is 11.3 Å². The van der Waals surface area contributed by atoms with E-state index >= 15 is 0 Å². The third-order valence-electron chi connectivity index (χ3n) is 3.69. The van der Waals surface area contributed by atoms with Crippen LogP contribution in [0.4, 0.5) is 5.69 Å². The summed E-state index contributed by atoms with van der Waals surface area (Å²) in [6, 6.07) is 7.66. The molecule has 0 spiro atoms. The molecular weight excluding hydrogens is 365 g/mol. The largest absolute Gasteiger partial charge is 0.399 e. The molecule has 1 aromatic heterocycles. The molecule has 2 aromatic rings. The van der Waals surface area contributed by atoms with Crippen LogP contribution >= 0.6 is 36.2 Å². The van der Waals surface area contributed by atoms with Gasteiger partial charge in [0.1, 0.15) is 5.01 Å². The zero-order valence-electron chi connectivity index (χ0n) is 14.4. The highest BCUT2D eigenvalue weighted by Crippen LogP contribution is 2.27. The highest BCUT2D eigenvalue weighted by atomic mass is 35.5. The molecule has 1 amide bonds. The van der Waals surface area contributed by atoms with Crippen LogP contribution in [0.1, 0.15) is 41.4 Å². The van der Waals surface area contributed by atoms with Gasteiger partial charge in [0.05, 0.1) is 11.2 Å². The molecule has 3 N–H and O–H groups in total. The Morgan fingerprint density at radius 3 is 2.42 bits per heavy atom. The molecular formula is C17H25Cl2N3OS. The van der Waals surface area contributed by atoms with Crippen LogP contribution in [-0.4, -0.2) is 10.9 Å². The molecule has 0 aliphatic heterocycles. The number of benzene rings is 1. The molecule has 0 fully saturated rings. The van der Waals surface area contributed by atoms with Crippen LogP contribution in [0.3, 0.4) is 0 Å². The van der Waals surface area contributed by atoms with E-state index in [-0.39, 0.29) is 30.7 Å². The molecule has 0 saturated heterocycles. The van der Waals surface area contributed by atoms with E-state index in [1.807, 2.05) is 52.0 Å². The van der Waals surface area contributed by atoms with Crippen LogP contribution in [0.25, 0.3) is 0 Å². The molecule has 0 saturated carbocycles. The SMILES string of the molecule is Cc1nc(C(C)(C)NC(=O)CCc2ccccc2N)sc1C.Cl.Cl. The van der Waals surface area contributed by atoms with Crippen LogP contribution < -0.4 is 11.1 Å². The van der Waals surface area contributed by atoms with E-state index in [1.165, 1.54) is 4.88 Å². The van der Waals surface area contributed by atoms with Crippen molar-refractivity contribution in [1.29, 1.82) is 0 Å². The quantitative estimate of drug-likeness (QED) is 0.753. The number of anilines is 1. The molecule has 0 radical (unpaired) electrons. The third kappa shape index (κ3) is 5.65. The Balaban J connectivity index is 0.00000264. The topological polar surface area (TPSA) is 68.0 Å². The van der Waals surface area contributed by atoms with Gasteiger partial charge < -0.3 is 11.1 Å². The maximum absolute atomic E-state index is 12.2. The van der Waals surface area contributed by atoms with E-state index in [0.29, 0.717) is 12.8 Å². The van der Waals surface area contributed by atoms with Gasteiger partial charge >= 0.3 is 0 Å². The summed E-state index contributed by atoms with van der Waals surface area (Å²) in [6.45, 7) is 8.01. The lowest BCUT2D eigenvalue weighted by molar-refractivity contribution is -0.122. The van der Waals surface area contributed by atoms with Crippen molar-refractivity contribution in [2.75, 3.05) is 5.73 Å². The summed E-state index contributed by atoms with van der Waals surface area (Å²) in [7, 11) is 0. The molecule has 0 aliphatic carbocycles. The van der Waals surface area contributed by atoms with Gasteiger partial charge in [-0.15, -0.1) is 36.2 Å². The number of amides is 1. The Morgan fingerprint density at radius 2 is 1.88 bits per heavy atom. The minimum Gasteiger partial charge on any atom is -0.399 e. The van der Waals surface area contributed by atoms with E-state index < -0.39 is 5.54 Å². The number of nitrogens with zero attached hydrogens (tertiary/aromatic N) is 1. The number of carbonyl (C=O) groups is 1. The van der Waals surface area contributed by atoms with Gasteiger partial charge in [-0.2, -0.15) is 0 Å². The number of carbonyl (C=O) groups excluding carboxylic acids is 1. The number of halogens is 2. The van der Waals surface area contributed by atoms with Crippen LogP contribution in [0.5, 0.6) is 0 Å². The second kappa shape index (κ2) is 9.25. The maximum Gasteiger partial charge on any atom is 0.221 e. The molecule has 0 bridgehead atoms. The van der Waals surface area contributed by atoms with Crippen molar-refractivity contribution in [3.05, 3.63) is 45.4 Å². The van der Waals surface area contributed by atoms with Crippen LogP contribution in [0.2, 0.25) is 0 Å².